The maximum absolute atomic E-state index is 6.10. The van der Waals surface area contributed by atoms with E-state index >= 15 is 0 Å². The molecule has 172 valence electrons. The molecule has 2 aliphatic rings. The summed E-state index contributed by atoms with van der Waals surface area (Å²) in [5.74, 6) is 2.23. The maximum Gasteiger partial charge on any atom is 0.233 e. The van der Waals surface area contributed by atoms with Crippen LogP contribution in [0, 0.1) is 0 Å². The van der Waals surface area contributed by atoms with E-state index < -0.39 is 0 Å². The molecule has 4 heterocycles. The second-order valence-electron chi connectivity index (χ2n) is 9.72. The summed E-state index contributed by atoms with van der Waals surface area (Å²) in [5, 5.41) is 11.8. The van der Waals surface area contributed by atoms with Crippen molar-refractivity contribution in [3.63, 3.8) is 0 Å². The van der Waals surface area contributed by atoms with Gasteiger partial charge in [0.1, 0.15) is 12.4 Å². The van der Waals surface area contributed by atoms with Gasteiger partial charge in [-0.05, 0) is 69.0 Å². The number of fused-ring (bicyclic) bond motifs is 3. The zero-order valence-electron chi connectivity index (χ0n) is 19.8. The lowest BCUT2D eigenvalue weighted by Crippen LogP contribution is -2.44. The highest BCUT2D eigenvalue weighted by molar-refractivity contribution is 5.78. The number of nitrogens with zero attached hydrogens (tertiary/aromatic N) is 4. The third kappa shape index (κ3) is 4.64. The molecule has 3 aromatic rings. The van der Waals surface area contributed by atoms with Gasteiger partial charge in [0.15, 0.2) is 0 Å². The lowest BCUT2D eigenvalue weighted by molar-refractivity contribution is 0.290. The summed E-state index contributed by atoms with van der Waals surface area (Å²) < 4.78 is 11.6. The van der Waals surface area contributed by atoms with Gasteiger partial charge < -0.3 is 19.7 Å². The van der Waals surface area contributed by atoms with Crippen molar-refractivity contribution in [2.45, 2.75) is 52.3 Å². The van der Waals surface area contributed by atoms with Crippen LogP contribution in [0.1, 0.15) is 39.7 Å². The molecule has 2 aromatic heterocycles. The Balaban J connectivity index is 1.37. The fourth-order valence-electron chi connectivity index (χ4n) is 4.65. The van der Waals surface area contributed by atoms with Crippen molar-refractivity contribution in [3.05, 3.63) is 48.2 Å². The number of ether oxygens (including phenoxy) is 2. The van der Waals surface area contributed by atoms with Gasteiger partial charge in [-0.1, -0.05) is 12.1 Å². The summed E-state index contributed by atoms with van der Waals surface area (Å²) in [6.07, 6.45) is 2.88. The minimum Gasteiger partial charge on any atom is -0.477 e. The fraction of sp³-hybridized carbons (Fsp3) is 0.423. The van der Waals surface area contributed by atoms with E-state index in [4.69, 9.17) is 14.5 Å². The molecule has 33 heavy (non-hydrogen) atoms. The molecule has 1 unspecified atom stereocenters. The molecule has 7 nitrogen and oxygen atoms in total. The molecule has 1 atom stereocenters. The Bertz CT molecular complexity index is 1160. The summed E-state index contributed by atoms with van der Waals surface area (Å²) in [6, 6.07) is 13.1. The fourth-order valence-corrected chi connectivity index (χ4v) is 4.65. The Morgan fingerprint density at radius 3 is 2.79 bits per heavy atom. The van der Waals surface area contributed by atoms with E-state index in [2.05, 4.69) is 71.5 Å². The van der Waals surface area contributed by atoms with Crippen LogP contribution in [0.25, 0.3) is 22.3 Å². The lowest BCUT2D eigenvalue weighted by atomic mass is 9.95. The number of hydrogen-bond acceptors (Lipinski definition) is 7. The first-order chi connectivity index (χ1) is 15.9. The number of pyridine rings is 1. The van der Waals surface area contributed by atoms with E-state index in [1.807, 2.05) is 13.0 Å². The molecular weight excluding hydrogens is 414 g/mol. The van der Waals surface area contributed by atoms with Crippen molar-refractivity contribution < 1.29 is 9.47 Å². The third-order valence-electron chi connectivity index (χ3n) is 6.01. The molecule has 0 spiro atoms. The van der Waals surface area contributed by atoms with Gasteiger partial charge in [0, 0.05) is 41.9 Å². The SMILES string of the molecule is CCOc1cc(-c2ccc3c(c2)COc2nc(N4CCC(NC(C)(C)C)C4)ccc2-3)cnn1. The van der Waals surface area contributed by atoms with E-state index in [1.165, 1.54) is 5.56 Å². The van der Waals surface area contributed by atoms with Crippen LogP contribution in [0.2, 0.25) is 0 Å². The number of hydrogen-bond donors (Lipinski definition) is 1. The second kappa shape index (κ2) is 8.63. The number of benzene rings is 1. The number of rotatable bonds is 5. The molecule has 1 saturated heterocycles. The lowest BCUT2D eigenvalue weighted by Gasteiger charge is -2.26. The van der Waals surface area contributed by atoms with Gasteiger partial charge >= 0.3 is 0 Å². The molecule has 1 N–H and O–H groups in total. The minimum absolute atomic E-state index is 0.118. The smallest absolute Gasteiger partial charge is 0.233 e. The Hall–Kier alpha value is -3.19. The molecule has 1 fully saturated rings. The van der Waals surface area contributed by atoms with Crippen LogP contribution in [0.3, 0.4) is 0 Å². The Morgan fingerprint density at radius 1 is 1.12 bits per heavy atom. The summed E-state index contributed by atoms with van der Waals surface area (Å²) in [7, 11) is 0. The molecular formula is C26H31N5O2. The van der Waals surface area contributed by atoms with Crippen LogP contribution in [0.5, 0.6) is 11.8 Å². The summed E-state index contributed by atoms with van der Waals surface area (Å²) in [5.41, 5.74) is 5.50. The predicted octanol–water partition coefficient (Wildman–Crippen LogP) is 4.46. The van der Waals surface area contributed by atoms with Crippen molar-refractivity contribution in [1.82, 2.24) is 20.5 Å². The summed E-state index contributed by atoms with van der Waals surface area (Å²) in [6.45, 7) is 11.6. The topological polar surface area (TPSA) is 72.4 Å². The molecule has 7 heteroatoms. The standard InChI is InChI=1S/C26H31N5O2/c1-5-32-24-13-18(14-27-30-24)17-6-7-21-19(12-17)16-33-25-22(21)8-9-23(28-25)31-11-10-20(15-31)29-26(2,3)4/h6-9,12-14,20,29H,5,10-11,15-16H2,1-4H3. The average Bonchev–Trinajstić information content (AvgIpc) is 3.25. The van der Waals surface area contributed by atoms with Crippen molar-refractivity contribution >= 4 is 5.82 Å². The quantitative estimate of drug-likeness (QED) is 0.621. The van der Waals surface area contributed by atoms with E-state index in [0.29, 0.717) is 31.0 Å². The van der Waals surface area contributed by atoms with Crippen LogP contribution in [-0.2, 0) is 6.61 Å². The molecule has 1 aromatic carbocycles. The van der Waals surface area contributed by atoms with Crippen LogP contribution in [0.4, 0.5) is 5.82 Å². The zero-order chi connectivity index (χ0) is 23.0. The van der Waals surface area contributed by atoms with Gasteiger partial charge in [0.05, 0.1) is 12.8 Å². The first-order valence-electron chi connectivity index (χ1n) is 11.7. The van der Waals surface area contributed by atoms with Gasteiger partial charge in [-0.15, -0.1) is 5.10 Å². The molecule has 0 aliphatic carbocycles. The first-order valence-corrected chi connectivity index (χ1v) is 11.7. The average molecular weight is 446 g/mol. The highest BCUT2D eigenvalue weighted by Gasteiger charge is 2.28. The van der Waals surface area contributed by atoms with Crippen LogP contribution >= 0.6 is 0 Å². The Kier molecular flexibility index (Phi) is 5.66. The first kappa shape index (κ1) is 21.6. The molecule has 0 bridgehead atoms. The molecule has 0 radical (unpaired) electrons. The number of nitrogens with one attached hydrogen (secondary N) is 1. The highest BCUT2D eigenvalue weighted by atomic mass is 16.5. The Labute approximate surface area is 195 Å². The second-order valence-corrected chi connectivity index (χ2v) is 9.72. The van der Waals surface area contributed by atoms with Crippen molar-refractivity contribution in [1.29, 1.82) is 0 Å². The van der Waals surface area contributed by atoms with Crippen LogP contribution < -0.4 is 19.7 Å². The van der Waals surface area contributed by atoms with Gasteiger partial charge in [-0.3, -0.25) is 0 Å². The monoisotopic (exact) mass is 445 g/mol. The largest absolute Gasteiger partial charge is 0.477 e. The van der Waals surface area contributed by atoms with Crippen molar-refractivity contribution in [2.75, 3.05) is 24.6 Å². The van der Waals surface area contributed by atoms with Crippen LogP contribution in [0.15, 0.2) is 42.6 Å². The van der Waals surface area contributed by atoms with E-state index in [-0.39, 0.29) is 5.54 Å². The van der Waals surface area contributed by atoms with E-state index in [9.17, 15) is 0 Å². The maximum atomic E-state index is 6.10. The van der Waals surface area contributed by atoms with E-state index in [1.54, 1.807) is 6.20 Å². The molecule has 2 aliphatic heterocycles. The zero-order valence-corrected chi connectivity index (χ0v) is 19.8. The normalized spacial score (nSPS) is 17.3. The highest BCUT2D eigenvalue weighted by Crippen LogP contribution is 2.39. The van der Waals surface area contributed by atoms with Crippen LogP contribution in [-0.4, -0.2) is 46.5 Å². The number of aromatic nitrogens is 3. The Morgan fingerprint density at radius 2 is 1.97 bits per heavy atom. The predicted molar refractivity (Wildman–Crippen MR) is 130 cm³/mol. The minimum atomic E-state index is 0.118. The van der Waals surface area contributed by atoms with Gasteiger partial charge in [0.2, 0.25) is 11.8 Å². The molecule has 5 rings (SSSR count). The van der Waals surface area contributed by atoms with Gasteiger partial charge in [-0.25, -0.2) is 0 Å². The molecule has 0 amide bonds. The van der Waals surface area contributed by atoms with Gasteiger partial charge in [-0.2, -0.15) is 10.1 Å². The number of anilines is 1. The van der Waals surface area contributed by atoms with Gasteiger partial charge in [0.25, 0.3) is 0 Å². The summed E-state index contributed by atoms with van der Waals surface area (Å²) in [4.78, 5) is 7.22. The third-order valence-corrected chi connectivity index (χ3v) is 6.01. The summed E-state index contributed by atoms with van der Waals surface area (Å²) >= 11 is 0. The molecule has 0 saturated carbocycles. The van der Waals surface area contributed by atoms with E-state index in [0.717, 1.165) is 47.6 Å². The van der Waals surface area contributed by atoms with Crippen molar-refractivity contribution in [3.8, 4) is 34.0 Å². The van der Waals surface area contributed by atoms with Crippen molar-refractivity contribution in [2.24, 2.45) is 0 Å².